The van der Waals surface area contributed by atoms with Crippen LogP contribution in [0.25, 0.3) is 0 Å². The molecular weight excluding hydrogens is 250 g/mol. The number of rotatable bonds is 4. The smallest absolute Gasteiger partial charge is 0.244 e. The summed E-state index contributed by atoms with van der Waals surface area (Å²) in [5.41, 5.74) is 0. The van der Waals surface area contributed by atoms with Crippen molar-refractivity contribution in [3.8, 4) is 0 Å². The summed E-state index contributed by atoms with van der Waals surface area (Å²) in [7, 11) is -1.82. The van der Waals surface area contributed by atoms with Crippen LogP contribution in [0.1, 0.15) is 26.2 Å². The van der Waals surface area contributed by atoms with E-state index in [1.165, 1.54) is 0 Å². The van der Waals surface area contributed by atoms with Gasteiger partial charge in [-0.2, -0.15) is 0 Å². The zero-order valence-corrected chi connectivity index (χ0v) is 11.5. The summed E-state index contributed by atoms with van der Waals surface area (Å²) in [5.74, 6) is 0.978. The average Bonchev–Trinajstić information content (AvgIpc) is 2.74. The second kappa shape index (κ2) is 5.24. The monoisotopic (exact) mass is 269 g/mol. The highest BCUT2D eigenvalue weighted by molar-refractivity contribution is 7.89. The number of nitrogens with one attached hydrogen (secondary N) is 2. The summed E-state index contributed by atoms with van der Waals surface area (Å²) in [6.45, 7) is 2.15. The number of hydrogen-bond acceptors (Lipinski definition) is 4. The topological polar surface area (TPSA) is 71.1 Å². The number of aromatic nitrogens is 1. The molecule has 0 amide bonds. The molecular formula is C12H19N3O2S. The van der Waals surface area contributed by atoms with Gasteiger partial charge in [0, 0.05) is 19.3 Å². The Morgan fingerprint density at radius 1 is 1.39 bits per heavy atom. The Morgan fingerprint density at radius 3 is 2.78 bits per heavy atom. The highest BCUT2D eigenvalue weighted by atomic mass is 32.2. The van der Waals surface area contributed by atoms with E-state index < -0.39 is 10.0 Å². The lowest BCUT2D eigenvalue weighted by Crippen LogP contribution is -2.33. The van der Waals surface area contributed by atoms with Crippen LogP contribution in [0.15, 0.2) is 23.2 Å². The van der Waals surface area contributed by atoms with Gasteiger partial charge >= 0.3 is 0 Å². The summed E-state index contributed by atoms with van der Waals surface area (Å²) in [4.78, 5) is 4.24. The molecule has 5 nitrogen and oxygen atoms in total. The van der Waals surface area contributed by atoms with Crippen LogP contribution >= 0.6 is 0 Å². The second-order valence-corrected chi connectivity index (χ2v) is 6.52. The Morgan fingerprint density at radius 2 is 2.17 bits per heavy atom. The maximum absolute atomic E-state index is 12.3. The minimum Gasteiger partial charge on any atom is -0.372 e. The van der Waals surface area contributed by atoms with Crippen molar-refractivity contribution in [2.45, 2.75) is 37.1 Å². The van der Waals surface area contributed by atoms with Crippen molar-refractivity contribution in [1.29, 1.82) is 0 Å². The summed E-state index contributed by atoms with van der Waals surface area (Å²) >= 11 is 0. The molecule has 2 N–H and O–H groups in total. The van der Waals surface area contributed by atoms with E-state index in [9.17, 15) is 8.42 Å². The molecule has 2 rings (SSSR count). The minimum atomic E-state index is -3.48. The largest absolute Gasteiger partial charge is 0.372 e. The van der Waals surface area contributed by atoms with Gasteiger partial charge in [0.15, 0.2) is 0 Å². The van der Waals surface area contributed by atoms with Crippen molar-refractivity contribution in [1.82, 2.24) is 9.71 Å². The number of pyridine rings is 1. The molecule has 1 heterocycles. The minimum absolute atomic E-state index is 0.0508. The highest BCUT2D eigenvalue weighted by Crippen LogP contribution is 2.27. The van der Waals surface area contributed by atoms with Gasteiger partial charge in [0.05, 0.1) is 0 Å². The average molecular weight is 269 g/mol. The molecule has 1 aromatic rings. The lowest BCUT2D eigenvalue weighted by molar-refractivity contribution is 0.538. The Kier molecular flexibility index (Phi) is 3.87. The van der Waals surface area contributed by atoms with E-state index >= 15 is 0 Å². The highest BCUT2D eigenvalue weighted by Gasteiger charge is 2.27. The molecule has 0 aromatic carbocycles. The van der Waals surface area contributed by atoms with Crippen LogP contribution in [0, 0.1) is 5.92 Å². The third-order valence-corrected chi connectivity index (χ3v) is 4.87. The molecule has 0 aliphatic heterocycles. The molecule has 0 saturated heterocycles. The van der Waals surface area contributed by atoms with E-state index in [-0.39, 0.29) is 10.9 Å². The molecule has 0 radical (unpaired) electrons. The van der Waals surface area contributed by atoms with E-state index in [1.807, 2.05) is 0 Å². The number of nitrogens with zero attached hydrogens (tertiary/aromatic N) is 1. The van der Waals surface area contributed by atoms with Gasteiger partial charge in [0.1, 0.15) is 10.7 Å². The van der Waals surface area contributed by atoms with Crippen molar-refractivity contribution >= 4 is 15.8 Å². The molecule has 1 aliphatic rings. The molecule has 1 saturated carbocycles. The quantitative estimate of drug-likeness (QED) is 0.870. The standard InChI is InChI=1S/C12H19N3O2S/c1-9-5-6-10(8-9)15-18(16,17)11-4-3-7-14-12(11)13-2/h3-4,7,9-10,15H,5-6,8H2,1-2H3,(H,13,14). The van der Waals surface area contributed by atoms with Gasteiger partial charge in [-0.05, 0) is 37.3 Å². The predicted molar refractivity (Wildman–Crippen MR) is 70.9 cm³/mol. The lowest BCUT2D eigenvalue weighted by atomic mass is 10.1. The van der Waals surface area contributed by atoms with Crippen LogP contribution in [-0.4, -0.2) is 26.5 Å². The van der Waals surface area contributed by atoms with Gasteiger partial charge in [0.25, 0.3) is 0 Å². The predicted octanol–water partition coefficient (Wildman–Crippen LogP) is 1.59. The van der Waals surface area contributed by atoms with E-state index in [2.05, 4.69) is 21.9 Å². The van der Waals surface area contributed by atoms with Crippen LogP contribution in [-0.2, 0) is 10.0 Å². The van der Waals surface area contributed by atoms with Crippen LogP contribution in [0.4, 0.5) is 5.82 Å². The molecule has 1 fully saturated rings. The van der Waals surface area contributed by atoms with Gasteiger partial charge in [-0.1, -0.05) is 6.92 Å². The molecule has 6 heteroatoms. The van der Waals surface area contributed by atoms with Crippen molar-refractivity contribution in [2.75, 3.05) is 12.4 Å². The third kappa shape index (κ3) is 2.81. The van der Waals surface area contributed by atoms with Gasteiger partial charge in [-0.15, -0.1) is 0 Å². The Balaban J connectivity index is 2.20. The molecule has 100 valence electrons. The first kappa shape index (κ1) is 13.3. The maximum Gasteiger partial charge on any atom is 0.244 e. The number of anilines is 1. The zero-order chi connectivity index (χ0) is 13.2. The van der Waals surface area contributed by atoms with Crippen LogP contribution in [0.3, 0.4) is 0 Å². The maximum atomic E-state index is 12.3. The van der Waals surface area contributed by atoms with Gasteiger partial charge < -0.3 is 5.32 Å². The number of sulfonamides is 1. The Bertz CT molecular complexity index is 516. The van der Waals surface area contributed by atoms with Gasteiger partial charge in [0.2, 0.25) is 10.0 Å². The van der Waals surface area contributed by atoms with E-state index in [4.69, 9.17) is 0 Å². The Hall–Kier alpha value is -1.14. The van der Waals surface area contributed by atoms with E-state index in [0.29, 0.717) is 11.7 Å². The SMILES string of the molecule is CNc1ncccc1S(=O)(=O)NC1CCC(C)C1. The van der Waals surface area contributed by atoms with Gasteiger partial charge in [-0.25, -0.2) is 18.1 Å². The molecule has 0 bridgehead atoms. The van der Waals surface area contributed by atoms with E-state index in [1.54, 1.807) is 25.4 Å². The normalized spacial score (nSPS) is 24.1. The summed E-state index contributed by atoms with van der Waals surface area (Å²) in [5, 5.41) is 2.81. The van der Waals surface area contributed by atoms with Crippen molar-refractivity contribution in [3.05, 3.63) is 18.3 Å². The molecule has 1 aromatic heterocycles. The first-order chi connectivity index (χ1) is 8.53. The summed E-state index contributed by atoms with van der Waals surface area (Å²) in [6, 6.07) is 3.25. The summed E-state index contributed by atoms with van der Waals surface area (Å²) in [6.07, 6.45) is 4.48. The molecule has 1 aliphatic carbocycles. The molecule has 2 atom stereocenters. The first-order valence-electron chi connectivity index (χ1n) is 6.18. The summed E-state index contributed by atoms with van der Waals surface area (Å²) < 4.78 is 27.3. The molecule has 2 unspecified atom stereocenters. The van der Waals surface area contributed by atoms with Crippen LogP contribution in [0.5, 0.6) is 0 Å². The van der Waals surface area contributed by atoms with Crippen LogP contribution < -0.4 is 10.0 Å². The Labute approximate surface area is 108 Å². The molecule has 18 heavy (non-hydrogen) atoms. The number of hydrogen-bond donors (Lipinski definition) is 2. The van der Waals surface area contributed by atoms with Gasteiger partial charge in [-0.3, -0.25) is 0 Å². The molecule has 0 spiro atoms. The second-order valence-electron chi connectivity index (χ2n) is 4.84. The fourth-order valence-electron chi connectivity index (χ4n) is 2.39. The fraction of sp³-hybridized carbons (Fsp3) is 0.583. The fourth-order valence-corrected chi connectivity index (χ4v) is 3.84. The first-order valence-corrected chi connectivity index (χ1v) is 7.66. The van der Waals surface area contributed by atoms with Crippen LogP contribution in [0.2, 0.25) is 0 Å². The van der Waals surface area contributed by atoms with Crippen molar-refractivity contribution in [2.24, 2.45) is 5.92 Å². The van der Waals surface area contributed by atoms with Crippen molar-refractivity contribution < 1.29 is 8.42 Å². The van der Waals surface area contributed by atoms with Crippen molar-refractivity contribution in [3.63, 3.8) is 0 Å². The van der Waals surface area contributed by atoms with E-state index in [0.717, 1.165) is 19.3 Å². The lowest BCUT2D eigenvalue weighted by Gasteiger charge is -2.14. The third-order valence-electron chi connectivity index (χ3n) is 3.31. The zero-order valence-electron chi connectivity index (χ0n) is 10.7.